The van der Waals surface area contributed by atoms with Crippen molar-refractivity contribution < 1.29 is 13.2 Å². The first kappa shape index (κ1) is 13.3. The van der Waals surface area contributed by atoms with Gasteiger partial charge >= 0.3 is 0 Å². The quantitative estimate of drug-likeness (QED) is 0.813. The fourth-order valence-corrected chi connectivity index (χ4v) is 3.70. The molecule has 6 heteroatoms. The van der Waals surface area contributed by atoms with Gasteiger partial charge in [0.2, 0.25) is 10.0 Å². The number of hydrogen-bond acceptors (Lipinski definition) is 4. The van der Waals surface area contributed by atoms with E-state index in [-0.39, 0.29) is 6.04 Å². The molecule has 0 spiro atoms. The van der Waals surface area contributed by atoms with Crippen molar-refractivity contribution in [1.29, 1.82) is 0 Å². The van der Waals surface area contributed by atoms with Gasteiger partial charge < -0.3 is 10.5 Å². The third kappa shape index (κ3) is 2.36. The Balaban J connectivity index is 2.37. The third-order valence-corrected chi connectivity index (χ3v) is 5.16. The Labute approximate surface area is 108 Å². The highest BCUT2D eigenvalue weighted by atomic mass is 32.2. The number of ether oxygens (including phenoxy) is 1. The van der Waals surface area contributed by atoms with Gasteiger partial charge in [0, 0.05) is 18.3 Å². The number of nitrogens with two attached hydrogens (primary N) is 1. The van der Waals surface area contributed by atoms with Crippen LogP contribution >= 0.6 is 0 Å². The molecular formula is C12H18N2O3S. The molecule has 5 nitrogen and oxygen atoms in total. The van der Waals surface area contributed by atoms with Gasteiger partial charge in [-0.05, 0) is 37.6 Å². The summed E-state index contributed by atoms with van der Waals surface area (Å²) >= 11 is 0. The molecule has 0 aromatic heterocycles. The van der Waals surface area contributed by atoms with E-state index >= 15 is 0 Å². The molecule has 2 rings (SSSR count). The summed E-state index contributed by atoms with van der Waals surface area (Å²) in [6.07, 6.45) is 0. The predicted octanol–water partition coefficient (Wildman–Crippen LogP) is 0.987. The van der Waals surface area contributed by atoms with Gasteiger partial charge in [-0.25, -0.2) is 8.42 Å². The van der Waals surface area contributed by atoms with Gasteiger partial charge in [-0.3, -0.25) is 0 Å². The van der Waals surface area contributed by atoms with Crippen LogP contribution in [0.5, 0.6) is 0 Å². The molecule has 1 aliphatic rings. The van der Waals surface area contributed by atoms with Crippen molar-refractivity contribution in [3.8, 4) is 0 Å². The SMILES string of the molecule is Cc1cc(S(=O)(=O)N2CCOC[C@H]2C)ccc1N. The predicted molar refractivity (Wildman–Crippen MR) is 69.8 cm³/mol. The van der Waals surface area contributed by atoms with Gasteiger partial charge in [0.15, 0.2) is 0 Å². The van der Waals surface area contributed by atoms with Gasteiger partial charge in [0.25, 0.3) is 0 Å². The Morgan fingerprint density at radius 1 is 1.44 bits per heavy atom. The van der Waals surface area contributed by atoms with E-state index in [1.807, 2.05) is 6.92 Å². The molecule has 0 radical (unpaired) electrons. The van der Waals surface area contributed by atoms with Crippen molar-refractivity contribution in [2.45, 2.75) is 24.8 Å². The van der Waals surface area contributed by atoms with Gasteiger partial charge in [-0.15, -0.1) is 0 Å². The van der Waals surface area contributed by atoms with Crippen LogP contribution < -0.4 is 5.73 Å². The summed E-state index contributed by atoms with van der Waals surface area (Å²) in [4.78, 5) is 0.294. The molecule has 0 bridgehead atoms. The van der Waals surface area contributed by atoms with E-state index in [0.717, 1.165) is 5.56 Å². The number of aryl methyl sites for hydroxylation is 1. The van der Waals surface area contributed by atoms with Gasteiger partial charge in [0.05, 0.1) is 18.1 Å². The summed E-state index contributed by atoms with van der Waals surface area (Å²) in [5.41, 5.74) is 7.09. The number of anilines is 1. The largest absolute Gasteiger partial charge is 0.399 e. The molecule has 0 unspecified atom stereocenters. The Morgan fingerprint density at radius 3 is 2.78 bits per heavy atom. The molecule has 1 atom stereocenters. The number of nitrogens with zero attached hydrogens (tertiary/aromatic N) is 1. The molecule has 1 fully saturated rings. The molecule has 1 aromatic rings. The Kier molecular flexibility index (Phi) is 3.61. The average Bonchev–Trinajstić information content (AvgIpc) is 2.33. The monoisotopic (exact) mass is 270 g/mol. The lowest BCUT2D eigenvalue weighted by molar-refractivity contribution is 0.0393. The minimum absolute atomic E-state index is 0.137. The standard InChI is InChI=1S/C12H18N2O3S/c1-9-7-11(3-4-12(9)13)18(15,16)14-5-6-17-8-10(14)2/h3-4,7,10H,5-6,8,13H2,1-2H3/t10-/m1/s1. The molecule has 1 heterocycles. The number of sulfonamides is 1. The van der Waals surface area contributed by atoms with Crippen LogP contribution in [-0.2, 0) is 14.8 Å². The van der Waals surface area contributed by atoms with Gasteiger partial charge in [0.1, 0.15) is 0 Å². The van der Waals surface area contributed by atoms with Crippen molar-refractivity contribution >= 4 is 15.7 Å². The summed E-state index contributed by atoms with van der Waals surface area (Å²) in [7, 11) is -3.45. The first-order valence-corrected chi connectivity index (χ1v) is 7.32. The fourth-order valence-electron chi connectivity index (χ4n) is 2.01. The highest BCUT2D eigenvalue weighted by Crippen LogP contribution is 2.23. The molecule has 1 aliphatic heterocycles. The molecular weight excluding hydrogens is 252 g/mol. The van der Waals surface area contributed by atoms with E-state index in [9.17, 15) is 8.42 Å². The highest BCUT2D eigenvalue weighted by molar-refractivity contribution is 7.89. The summed E-state index contributed by atoms with van der Waals surface area (Å²) in [6, 6.07) is 4.67. The molecule has 1 aromatic carbocycles. The molecule has 100 valence electrons. The maximum Gasteiger partial charge on any atom is 0.243 e. The molecule has 0 aliphatic carbocycles. The summed E-state index contributed by atoms with van der Waals surface area (Å²) in [5, 5.41) is 0. The molecule has 1 saturated heterocycles. The molecule has 2 N–H and O–H groups in total. The zero-order chi connectivity index (χ0) is 13.3. The van der Waals surface area contributed by atoms with Crippen LogP contribution in [0.15, 0.2) is 23.1 Å². The topological polar surface area (TPSA) is 72.6 Å². The van der Waals surface area contributed by atoms with Crippen molar-refractivity contribution in [3.63, 3.8) is 0 Å². The van der Waals surface area contributed by atoms with E-state index in [1.165, 1.54) is 4.31 Å². The van der Waals surface area contributed by atoms with Crippen molar-refractivity contribution in [3.05, 3.63) is 23.8 Å². The van der Waals surface area contributed by atoms with Crippen LogP contribution in [0, 0.1) is 6.92 Å². The van der Waals surface area contributed by atoms with Crippen LogP contribution in [0.4, 0.5) is 5.69 Å². The summed E-state index contributed by atoms with van der Waals surface area (Å²) < 4.78 is 31.7. The molecule has 0 saturated carbocycles. The van der Waals surface area contributed by atoms with Crippen molar-refractivity contribution in [2.24, 2.45) is 0 Å². The number of nitrogen functional groups attached to an aromatic ring is 1. The van der Waals surface area contributed by atoms with E-state index < -0.39 is 10.0 Å². The average molecular weight is 270 g/mol. The van der Waals surface area contributed by atoms with Crippen LogP contribution in [0.2, 0.25) is 0 Å². The van der Waals surface area contributed by atoms with E-state index in [4.69, 9.17) is 10.5 Å². The third-order valence-electron chi connectivity index (χ3n) is 3.15. The maximum atomic E-state index is 12.5. The number of morpholine rings is 1. The number of hydrogen-bond donors (Lipinski definition) is 1. The highest BCUT2D eigenvalue weighted by Gasteiger charge is 2.31. The molecule has 0 amide bonds. The van der Waals surface area contributed by atoms with Crippen LogP contribution in [-0.4, -0.2) is 38.5 Å². The van der Waals surface area contributed by atoms with Crippen molar-refractivity contribution in [2.75, 3.05) is 25.5 Å². The Morgan fingerprint density at radius 2 is 2.17 bits per heavy atom. The number of rotatable bonds is 2. The molecule has 18 heavy (non-hydrogen) atoms. The normalized spacial score (nSPS) is 22.0. The second-order valence-corrected chi connectivity index (χ2v) is 6.45. The first-order valence-electron chi connectivity index (χ1n) is 5.88. The second-order valence-electron chi connectivity index (χ2n) is 4.56. The van der Waals surface area contributed by atoms with E-state index in [2.05, 4.69) is 0 Å². The fraction of sp³-hybridized carbons (Fsp3) is 0.500. The van der Waals surface area contributed by atoms with E-state index in [0.29, 0.717) is 30.3 Å². The minimum Gasteiger partial charge on any atom is -0.399 e. The number of benzene rings is 1. The van der Waals surface area contributed by atoms with Crippen LogP contribution in [0.3, 0.4) is 0 Å². The second kappa shape index (κ2) is 4.87. The smallest absolute Gasteiger partial charge is 0.243 e. The van der Waals surface area contributed by atoms with Crippen LogP contribution in [0.25, 0.3) is 0 Å². The van der Waals surface area contributed by atoms with Crippen molar-refractivity contribution in [1.82, 2.24) is 4.31 Å². The summed E-state index contributed by atoms with van der Waals surface area (Å²) in [6.45, 7) is 4.93. The lowest BCUT2D eigenvalue weighted by Gasteiger charge is -2.32. The zero-order valence-electron chi connectivity index (χ0n) is 10.6. The van der Waals surface area contributed by atoms with E-state index in [1.54, 1.807) is 25.1 Å². The van der Waals surface area contributed by atoms with Gasteiger partial charge in [-0.1, -0.05) is 0 Å². The Hall–Kier alpha value is -1.11. The van der Waals surface area contributed by atoms with Crippen LogP contribution in [0.1, 0.15) is 12.5 Å². The van der Waals surface area contributed by atoms with Gasteiger partial charge in [-0.2, -0.15) is 4.31 Å². The lowest BCUT2D eigenvalue weighted by Crippen LogP contribution is -2.46. The first-order chi connectivity index (χ1) is 8.43. The zero-order valence-corrected chi connectivity index (χ0v) is 11.4. The lowest BCUT2D eigenvalue weighted by atomic mass is 10.2. The maximum absolute atomic E-state index is 12.5. The Bertz CT molecular complexity index is 542. The summed E-state index contributed by atoms with van der Waals surface area (Å²) in [5.74, 6) is 0. The minimum atomic E-state index is -3.45.